The minimum Gasteiger partial charge on any atom is -0.508 e. The molecule has 7 heteroatoms. The Bertz CT molecular complexity index is 1190. The number of phenolic OH excluding ortho intramolecular Hbond substituents is 1. The molecule has 0 bridgehead atoms. The highest BCUT2D eigenvalue weighted by atomic mass is 16.3. The molecule has 4 N–H and O–H groups in total. The summed E-state index contributed by atoms with van der Waals surface area (Å²) in [6.07, 6.45) is 1.22. The van der Waals surface area contributed by atoms with Crippen molar-refractivity contribution in [2.75, 3.05) is 19.6 Å². The van der Waals surface area contributed by atoms with Gasteiger partial charge in [0.05, 0.1) is 12.1 Å². The predicted molar refractivity (Wildman–Crippen MR) is 155 cm³/mol. The van der Waals surface area contributed by atoms with Crippen LogP contribution in [-0.4, -0.2) is 58.7 Å². The van der Waals surface area contributed by atoms with Gasteiger partial charge in [-0.2, -0.15) is 0 Å². The summed E-state index contributed by atoms with van der Waals surface area (Å²) in [6.45, 7) is 8.15. The number of nitrogens with one attached hydrogen (secondary N) is 2. The van der Waals surface area contributed by atoms with E-state index in [-0.39, 0.29) is 24.1 Å². The van der Waals surface area contributed by atoms with Gasteiger partial charge in [0.2, 0.25) is 0 Å². The molecule has 3 aromatic carbocycles. The Balaban J connectivity index is 1.77. The van der Waals surface area contributed by atoms with Crippen LogP contribution in [0.15, 0.2) is 72.8 Å². The molecule has 2 amide bonds. The Morgan fingerprint density at radius 3 is 2.15 bits per heavy atom. The van der Waals surface area contributed by atoms with Crippen LogP contribution >= 0.6 is 0 Å². The van der Waals surface area contributed by atoms with Crippen LogP contribution < -0.4 is 10.6 Å². The van der Waals surface area contributed by atoms with Crippen molar-refractivity contribution in [3.63, 3.8) is 0 Å². The molecule has 3 rings (SSSR count). The maximum atomic E-state index is 13.4. The number of carbonyl (C=O) groups excluding carboxylic acids is 2. The average Bonchev–Trinajstić information content (AvgIpc) is 2.93. The summed E-state index contributed by atoms with van der Waals surface area (Å²) in [6, 6.07) is 21.2. The largest absolute Gasteiger partial charge is 0.508 e. The summed E-state index contributed by atoms with van der Waals surface area (Å²) in [5.74, 6) is -0.278. The highest BCUT2D eigenvalue weighted by Gasteiger charge is 2.24. The fourth-order valence-electron chi connectivity index (χ4n) is 4.60. The van der Waals surface area contributed by atoms with Crippen molar-refractivity contribution in [1.82, 2.24) is 15.5 Å². The van der Waals surface area contributed by atoms with E-state index >= 15 is 0 Å². The lowest BCUT2D eigenvalue weighted by Crippen LogP contribution is -2.48. The number of phenols is 1. The monoisotopic (exact) mass is 531 g/mol. The first-order valence-corrected chi connectivity index (χ1v) is 13.7. The molecular formula is C32H41N3O4. The number of aliphatic hydroxyl groups excluding tert-OH is 1. The fraction of sp³-hybridized carbons (Fsp3) is 0.375. The first kappa shape index (κ1) is 29.9. The van der Waals surface area contributed by atoms with Gasteiger partial charge < -0.3 is 25.7 Å². The maximum Gasteiger partial charge on any atom is 0.253 e. The van der Waals surface area contributed by atoms with Crippen molar-refractivity contribution in [2.45, 2.75) is 58.7 Å². The van der Waals surface area contributed by atoms with Gasteiger partial charge in [-0.05, 0) is 73.2 Å². The zero-order valence-electron chi connectivity index (χ0n) is 23.2. The minimum absolute atomic E-state index is 0.0813. The van der Waals surface area contributed by atoms with Gasteiger partial charge in [0.1, 0.15) is 5.75 Å². The SMILES string of the molecule is CCCN(CCC)C(=O)c1cc(C)cc(C(=O)N[C@@H](Cc2ccc(O)cc2)[C@H](O)CNCc2ccccc2)c1. The molecule has 0 saturated carbocycles. The summed E-state index contributed by atoms with van der Waals surface area (Å²) in [7, 11) is 0. The second-order valence-corrected chi connectivity index (χ2v) is 10.0. The van der Waals surface area contributed by atoms with E-state index < -0.39 is 12.1 Å². The van der Waals surface area contributed by atoms with Gasteiger partial charge in [-0.25, -0.2) is 0 Å². The Hall–Kier alpha value is -3.68. The molecule has 0 spiro atoms. The second kappa shape index (κ2) is 15.0. The highest BCUT2D eigenvalue weighted by Crippen LogP contribution is 2.16. The van der Waals surface area contributed by atoms with Gasteiger partial charge in [0.15, 0.2) is 0 Å². The van der Waals surface area contributed by atoms with Crippen LogP contribution in [0.5, 0.6) is 5.75 Å². The lowest BCUT2D eigenvalue weighted by molar-refractivity contribution is 0.0755. The van der Waals surface area contributed by atoms with E-state index in [0.717, 1.165) is 29.5 Å². The fourth-order valence-corrected chi connectivity index (χ4v) is 4.60. The molecule has 7 nitrogen and oxygen atoms in total. The molecule has 0 aliphatic rings. The van der Waals surface area contributed by atoms with Gasteiger partial charge in [-0.1, -0.05) is 56.3 Å². The molecule has 0 heterocycles. The Morgan fingerprint density at radius 2 is 1.51 bits per heavy atom. The lowest BCUT2D eigenvalue weighted by atomic mass is 9.99. The standard InChI is InChI=1S/C32H41N3O4/c1-4-15-35(16-5-2)32(39)27-18-23(3)17-26(20-27)31(38)34-29(19-24-11-13-28(36)14-12-24)30(37)22-33-21-25-9-7-6-8-10-25/h6-14,17-18,20,29-30,33,36-37H,4-5,15-16,19,21-22H2,1-3H3,(H,34,38)/t29-,30+/m0/s1. The normalized spacial score (nSPS) is 12.5. The van der Waals surface area contributed by atoms with Gasteiger partial charge in [0.25, 0.3) is 11.8 Å². The summed E-state index contributed by atoms with van der Waals surface area (Å²) < 4.78 is 0. The van der Waals surface area contributed by atoms with E-state index in [2.05, 4.69) is 10.6 Å². The number of nitrogens with zero attached hydrogens (tertiary/aromatic N) is 1. The highest BCUT2D eigenvalue weighted by molar-refractivity contribution is 6.00. The van der Waals surface area contributed by atoms with E-state index in [0.29, 0.717) is 37.2 Å². The molecule has 0 aromatic heterocycles. The summed E-state index contributed by atoms with van der Waals surface area (Å²) in [4.78, 5) is 28.5. The van der Waals surface area contributed by atoms with E-state index in [1.165, 1.54) is 0 Å². The minimum atomic E-state index is -0.873. The second-order valence-electron chi connectivity index (χ2n) is 10.0. The van der Waals surface area contributed by atoms with Crippen LogP contribution in [0.25, 0.3) is 0 Å². The Labute approximate surface area is 231 Å². The van der Waals surface area contributed by atoms with E-state index in [1.807, 2.05) is 62.1 Å². The quantitative estimate of drug-likeness (QED) is 0.246. The number of benzene rings is 3. The Morgan fingerprint density at radius 1 is 0.872 bits per heavy atom. The first-order valence-electron chi connectivity index (χ1n) is 13.7. The summed E-state index contributed by atoms with van der Waals surface area (Å²) in [5.41, 5.74) is 3.66. The first-order chi connectivity index (χ1) is 18.8. The zero-order chi connectivity index (χ0) is 28.2. The molecule has 0 aliphatic heterocycles. The summed E-state index contributed by atoms with van der Waals surface area (Å²) in [5, 5.41) is 27.0. The number of hydrogen-bond donors (Lipinski definition) is 4. The third kappa shape index (κ3) is 9.23. The van der Waals surface area contributed by atoms with Crippen LogP contribution in [0, 0.1) is 6.92 Å². The number of carbonyl (C=O) groups is 2. The number of amides is 2. The molecule has 0 aliphatic carbocycles. The van der Waals surface area contributed by atoms with Gasteiger partial charge in [-0.15, -0.1) is 0 Å². The molecular weight excluding hydrogens is 490 g/mol. The molecule has 3 aromatic rings. The van der Waals surface area contributed by atoms with E-state index in [4.69, 9.17) is 0 Å². The predicted octanol–water partition coefficient (Wildman–Crippen LogP) is 4.45. The van der Waals surface area contributed by atoms with Gasteiger partial charge in [0, 0.05) is 37.3 Å². The molecule has 208 valence electrons. The third-order valence-electron chi connectivity index (χ3n) is 6.56. The van der Waals surface area contributed by atoms with Crippen molar-refractivity contribution >= 4 is 11.8 Å². The molecule has 0 radical (unpaired) electrons. The average molecular weight is 532 g/mol. The van der Waals surface area contributed by atoms with E-state index in [9.17, 15) is 19.8 Å². The van der Waals surface area contributed by atoms with Crippen LogP contribution in [0.3, 0.4) is 0 Å². The molecule has 0 fully saturated rings. The number of hydrogen-bond acceptors (Lipinski definition) is 5. The van der Waals surface area contributed by atoms with Crippen LogP contribution in [0.2, 0.25) is 0 Å². The Kier molecular flexibility index (Phi) is 11.5. The van der Waals surface area contributed by atoms with Crippen molar-refractivity contribution in [3.8, 4) is 5.75 Å². The smallest absolute Gasteiger partial charge is 0.253 e. The third-order valence-corrected chi connectivity index (χ3v) is 6.56. The van der Waals surface area contributed by atoms with Crippen molar-refractivity contribution in [1.29, 1.82) is 0 Å². The molecule has 39 heavy (non-hydrogen) atoms. The lowest BCUT2D eigenvalue weighted by Gasteiger charge is -2.25. The number of aromatic hydroxyl groups is 1. The molecule has 0 unspecified atom stereocenters. The number of aryl methyl sites for hydroxylation is 1. The van der Waals surface area contributed by atoms with Gasteiger partial charge in [-0.3, -0.25) is 9.59 Å². The van der Waals surface area contributed by atoms with Crippen molar-refractivity contribution < 1.29 is 19.8 Å². The van der Waals surface area contributed by atoms with Crippen molar-refractivity contribution in [2.24, 2.45) is 0 Å². The molecule has 0 saturated heterocycles. The van der Waals surface area contributed by atoms with Crippen LogP contribution in [0.1, 0.15) is 64.1 Å². The van der Waals surface area contributed by atoms with Crippen LogP contribution in [-0.2, 0) is 13.0 Å². The number of rotatable bonds is 14. The summed E-state index contributed by atoms with van der Waals surface area (Å²) >= 11 is 0. The maximum absolute atomic E-state index is 13.4. The molecule has 2 atom stereocenters. The van der Waals surface area contributed by atoms with E-state index in [1.54, 1.807) is 36.4 Å². The number of aliphatic hydroxyl groups is 1. The topological polar surface area (TPSA) is 102 Å². The zero-order valence-corrected chi connectivity index (χ0v) is 23.2. The van der Waals surface area contributed by atoms with Gasteiger partial charge >= 0.3 is 0 Å². The van der Waals surface area contributed by atoms with Crippen LogP contribution in [0.4, 0.5) is 0 Å². The van der Waals surface area contributed by atoms with Crippen molar-refractivity contribution in [3.05, 3.63) is 101 Å².